The quantitative estimate of drug-likeness (QED) is 0.733. The van der Waals surface area contributed by atoms with Crippen LogP contribution in [-0.4, -0.2) is 52.3 Å². The number of nitrogens with one attached hydrogen (secondary N) is 1. The molecule has 0 bridgehead atoms. The molecule has 1 saturated heterocycles. The van der Waals surface area contributed by atoms with Crippen molar-refractivity contribution in [1.29, 1.82) is 0 Å². The monoisotopic (exact) mass is 389 g/mol. The molecule has 1 fully saturated rings. The van der Waals surface area contributed by atoms with E-state index in [1.54, 1.807) is 18.5 Å². The van der Waals surface area contributed by atoms with Crippen LogP contribution in [0.25, 0.3) is 0 Å². The number of benzene rings is 1. The lowest BCUT2D eigenvalue weighted by atomic mass is 10.1. The highest BCUT2D eigenvalue weighted by Gasteiger charge is 2.20. The Morgan fingerprint density at radius 1 is 0.897 bits per heavy atom. The molecule has 0 aliphatic carbocycles. The van der Waals surface area contributed by atoms with E-state index in [4.69, 9.17) is 0 Å². The van der Waals surface area contributed by atoms with Crippen molar-refractivity contribution < 1.29 is 4.79 Å². The maximum absolute atomic E-state index is 12.5. The molecule has 0 atom stereocenters. The first-order valence-corrected chi connectivity index (χ1v) is 9.60. The second-order valence-corrected chi connectivity index (χ2v) is 7.00. The van der Waals surface area contributed by atoms with Crippen LogP contribution in [0.3, 0.4) is 0 Å². The van der Waals surface area contributed by atoms with Crippen molar-refractivity contribution in [3.63, 3.8) is 0 Å². The number of carbonyl (C=O) groups excluding carboxylic acids is 1. The second kappa shape index (κ2) is 8.22. The van der Waals surface area contributed by atoms with Crippen LogP contribution in [0.1, 0.15) is 21.6 Å². The van der Waals surface area contributed by atoms with Crippen molar-refractivity contribution in [3.05, 3.63) is 65.6 Å². The predicted molar refractivity (Wildman–Crippen MR) is 112 cm³/mol. The third-order valence-corrected chi connectivity index (χ3v) is 5.17. The van der Waals surface area contributed by atoms with Crippen molar-refractivity contribution in [1.82, 2.24) is 20.2 Å². The second-order valence-electron chi connectivity index (χ2n) is 7.00. The molecule has 2 aromatic heterocycles. The number of rotatable bonds is 4. The first kappa shape index (κ1) is 18.8. The van der Waals surface area contributed by atoms with Gasteiger partial charge in [0.1, 0.15) is 0 Å². The standard InChI is InChI=1S/C21H23N7O/c1-15-5-3-6-17(16(15)2)24-20(29)18-7-8-19(26-25-18)27-11-13-28(14-12-27)21-22-9-4-10-23-21/h3-10H,11-14H2,1-2H3,(H,24,29). The Balaban J connectivity index is 1.38. The summed E-state index contributed by atoms with van der Waals surface area (Å²) in [4.78, 5) is 25.4. The summed E-state index contributed by atoms with van der Waals surface area (Å²) in [5.41, 5.74) is 3.26. The largest absolute Gasteiger partial charge is 0.352 e. The fourth-order valence-corrected chi connectivity index (χ4v) is 3.28. The van der Waals surface area contributed by atoms with Gasteiger partial charge < -0.3 is 15.1 Å². The maximum atomic E-state index is 12.5. The van der Waals surface area contributed by atoms with E-state index in [0.717, 1.165) is 54.8 Å². The summed E-state index contributed by atoms with van der Waals surface area (Å²) < 4.78 is 0. The number of aromatic nitrogens is 4. The molecular weight excluding hydrogens is 366 g/mol. The highest BCUT2D eigenvalue weighted by Crippen LogP contribution is 2.19. The normalized spacial score (nSPS) is 14.0. The van der Waals surface area contributed by atoms with Gasteiger partial charge in [0.25, 0.3) is 5.91 Å². The molecule has 8 nitrogen and oxygen atoms in total. The van der Waals surface area contributed by atoms with Gasteiger partial charge in [0, 0.05) is 44.3 Å². The van der Waals surface area contributed by atoms with Crippen LogP contribution >= 0.6 is 0 Å². The molecule has 29 heavy (non-hydrogen) atoms. The Labute approximate surface area is 169 Å². The summed E-state index contributed by atoms with van der Waals surface area (Å²) in [6.07, 6.45) is 3.50. The number of nitrogens with zero attached hydrogens (tertiary/aromatic N) is 6. The number of amides is 1. The third-order valence-electron chi connectivity index (χ3n) is 5.17. The highest BCUT2D eigenvalue weighted by molar-refractivity contribution is 6.03. The molecule has 8 heteroatoms. The maximum Gasteiger partial charge on any atom is 0.276 e. The van der Waals surface area contributed by atoms with Crippen LogP contribution < -0.4 is 15.1 Å². The Hall–Kier alpha value is -3.55. The van der Waals surface area contributed by atoms with Gasteiger partial charge >= 0.3 is 0 Å². The van der Waals surface area contributed by atoms with Crippen molar-refractivity contribution in [2.45, 2.75) is 13.8 Å². The molecule has 1 N–H and O–H groups in total. The fourth-order valence-electron chi connectivity index (χ4n) is 3.28. The molecule has 3 heterocycles. The van der Waals surface area contributed by atoms with Gasteiger partial charge in [-0.2, -0.15) is 0 Å². The first-order valence-electron chi connectivity index (χ1n) is 9.60. The van der Waals surface area contributed by atoms with Crippen LogP contribution in [0, 0.1) is 13.8 Å². The topological polar surface area (TPSA) is 87.1 Å². The summed E-state index contributed by atoms with van der Waals surface area (Å²) in [5, 5.41) is 11.3. The van der Waals surface area contributed by atoms with E-state index in [2.05, 4.69) is 35.3 Å². The van der Waals surface area contributed by atoms with Crippen LogP contribution in [-0.2, 0) is 0 Å². The summed E-state index contributed by atoms with van der Waals surface area (Å²) in [5.74, 6) is 1.25. The summed E-state index contributed by atoms with van der Waals surface area (Å²) >= 11 is 0. The van der Waals surface area contributed by atoms with Gasteiger partial charge in [-0.15, -0.1) is 10.2 Å². The Bertz CT molecular complexity index is 984. The average Bonchev–Trinajstić information content (AvgIpc) is 2.78. The molecule has 3 aromatic rings. The van der Waals surface area contributed by atoms with E-state index in [1.807, 2.05) is 44.2 Å². The van der Waals surface area contributed by atoms with Crippen molar-refractivity contribution >= 4 is 23.4 Å². The van der Waals surface area contributed by atoms with Crippen LogP contribution in [0.5, 0.6) is 0 Å². The molecule has 1 aromatic carbocycles. The lowest BCUT2D eigenvalue weighted by Gasteiger charge is -2.35. The zero-order chi connectivity index (χ0) is 20.2. The number of piperazine rings is 1. The van der Waals surface area contributed by atoms with Crippen LogP contribution in [0.2, 0.25) is 0 Å². The van der Waals surface area contributed by atoms with Gasteiger partial charge in [-0.05, 0) is 49.2 Å². The Kier molecular flexibility index (Phi) is 5.33. The molecule has 4 rings (SSSR count). The third kappa shape index (κ3) is 4.16. The summed E-state index contributed by atoms with van der Waals surface area (Å²) in [6, 6.07) is 11.2. The van der Waals surface area contributed by atoms with E-state index in [0.29, 0.717) is 5.69 Å². The molecule has 0 unspecified atom stereocenters. The molecular formula is C21H23N7O. The molecule has 1 aliphatic rings. The van der Waals surface area contributed by atoms with Crippen LogP contribution in [0.15, 0.2) is 48.8 Å². The Morgan fingerprint density at radius 3 is 2.31 bits per heavy atom. The minimum absolute atomic E-state index is 0.260. The van der Waals surface area contributed by atoms with E-state index in [9.17, 15) is 4.79 Å². The van der Waals surface area contributed by atoms with E-state index >= 15 is 0 Å². The molecule has 0 saturated carbocycles. The van der Waals surface area contributed by atoms with Gasteiger partial charge in [0.15, 0.2) is 11.5 Å². The average molecular weight is 389 g/mol. The Morgan fingerprint density at radius 2 is 1.62 bits per heavy atom. The predicted octanol–water partition coefficient (Wildman–Crippen LogP) is 2.46. The lowest BCUT2D eigenvalue weighted by Crippen LogP contribution is -2.47. The zero-order valence-corrected chi connectivity index (χ0v) is 16.5. The SMILES string of the molecule is Cc1cccc(NC(=O)c2ccc(N3CCN(c4ncccn4)CC3)nn2)c1C. The molecule has 1 aliphatic heterocycles. The number of aryl methyl sites for hydroxylation is 1. The minimum Gasteiger partial charge on any atom is -0.352 e. The number of anilines is 3. The highest BCUT2D eigenvalue weighted by atomic mass is 16.1. The fraction of sp³-hybridized carbons (Fsp3) is 0.286. The van der Waals surface area contributed by atoms with Gasteiger partial charge in [0.2, 0.25) is 5.95 Å². The number of hydrogen-bond acceptors (Lipinski definition) is 7. The first-order chi connectivity index (χ1) is 14.1. The van der Waals surface area contributed by atoms with Gasteiger partial charge in [-0.25, -0.2) is 9.97 Å². The van der Waals surface area contributed by atoms with E-state index in [1.165, 1.54) is 0 Å². The van der Waals surface area contributed by atoms with Crippen molar-refractivity contribution in [3.8, 4) is 0 Å². The zero-order valence-electron chi connectivity index (χ0n) is 16.5. The smallest absolute Gasteiger partial charge is 0.276 e. The lowest BCUT2D eigenvalue weighted by molar-refractivity contribution is 0.102. The number of carbonyl (C=O) groups is 1. The molecule has 1 amide bonds. The minimum atomic E-state index is -0.260. The van der Waals surface area contributed by atoms with Gasteiger partial charge in [-0.1, -0.05) is 12.1 Å². The van der Waals surface area contributed by atoms with Crippen LogP contribution in [0.4, 0.5) is 17.5 Å². The van der Waals surface area contributed by atoms with E-state index in [-0.39, 0.29) is 5.91 Å². The van der Waals surface area contributed by atoms with Crippen molar-refractivity contribution in [2.24, 2.45) is 0 Å². The molecule has 148 valence electrons. The molecule has 0 radical (unpaired) electrons. The van der Waals surface area contributed by atoms with E-state index < -0.39 is 0 Å². The van der Waals surface area contributed by atoms with Crippen molar-refractivity contribution in [2.75, 3.05) is 41.3 Å². The summed E-state index contributed by atoms with van der Waals surface area (Å²) in [7, 11) is 0. The van der Waals surface area contributed by atoms with Gasteiger partial charge in [0.05, 0.1) is 0 Å². The molecule has 0 spiro atoms. The number of hydrogen-bond donors (Lipinski definition) is 1. The summed E-state index contributed by atoms with van der Waals surface area (Å²) in [6.45, 7) is 7.20. The van der Waals surface area contributed by atoms with Gasteiger partial charge in [-0.3, -0.25) is 4.79 Å².